The van der Waals surface area contributed by atoms with Crippen LogP contribution in [0.3, 0.4) is 0 Å². The first kappa shape index (κ1) is 13.5. The van der Waals surface area contributed by atoms with Crippen LogP contribution in [0.5, 0.6) is 0 Å². The van der Waals surface area contributed by atoms with Gasteiger partial charge in [-0.25, -0.2) is 15.0 Å². The molecule has 1 aromatic heterocycles. The molecule has 0 amide bonds. The third kappa shape index (κ3) is 3.32. The van der Waals surface area contributed by atoms with Crippen molar-refractivity contribution in [1.82, 2.24) is 15.0 Å². The van der Waals surface area contributed by atoms with E-state index in [1.807, 2.05) is 31.2 Å². The highest BCUT2D eigenvalue weighted by Gasteiger charge is 2.12. The van der Waals surface area contributed by atoms with E-state index in [4.69, 9.17) is 28.7 Å². The van der Waals surface area contributed by atoms with Crippen molar-refractivity contribution in [3.8, 4) is 11.4 Å². The summed E-state index contributed by atoms with van der Waals surface area (Å²) in [5, 5.41) is 3.35. The molecule has 0 atom stereocenters. The molecule has 0 aliphatic rings. The van der Waals surface area contributed by atoms with E-state index in [0.717, 1.165) is 11.1 Å². The monoisotopic (exact) mass is 294 g/mol. The van der Waals surface area contributed by atoms with E-state index in [1.165, 1.54) is 0 Å². The predicted octanol–water partition coefficient (Wildman–Crippen LogP) is 4.27. The van der Waals surface area contributed by atoms with Crippen molar-refractivity contribution in [2.75, 3.05) is 0 Å². The van der Waals surface area contributed by atoms with Crippen LogP contribution in [0.1, 0.15) is 16.2 Å². The van der Waals surface area contributed by atoms with Gasteiger partial charge in [0.1, 0.15) is 0 Å². The topological polar surface area (TPSA) is 87.4 Å². The summed E-state index contributed by atoms with van der Waals surface area (Å²) in [5.74, 6) is 0.449. The van der Waals surface area contributed by atoms with Crippen molar-refractivity contribution in [3.05, 3.63) is 46.1 Å². The normalized spacial score (nSPS) is 10.3. The fourth-order valence-electron chi connectivity index (χ4n) is 1.39. The largest absolute Gasteiger partial charge is 0.220 e. The Morgan fingerprint density at radius 3 is 2.42 bits per heavy atom. The van der Waals surface area contributed by atoms with Crippen LogP contribution in [0, 0.1) is 6.92 Å². The Labute approximate surface area is 119 Å². The van der Waals surface area contributed by atoms with E-state index in [1.54, 1.807) is 0 Å². The van der Waals surface area contributed by atoms with Gasteiger partial charge in [0.15, 0.2) is 16.5 Å². The Morgan fingerprint density at radius 2 is 1.84 bits per heavy atom. The van der Waals surface area contributed by atoms with Gasteiger partial charge in [-0.15, -0.1) is 0 Å². The molecule has 19 heavy (non-hydrogen) atoms. The Kier molecular flexibility index (Phi) is 4.16. The second-order valence-electron chi connectivity index (χ2n) is 3.67. The van der Waals surface area contributed by atoms with Gasteiger partial charge in [-0.1, -0.05) is 53.0 Å². The molecule has 0 spiro atoms. The van der Waals surface area contributed by atoms with Crippen LogP contribution < -0.4 is 0 Å². The average Bonchev–Trinajstić information content (AvgIpc) is 2.39. The van der Waals surface area contributed by atoms with E-state index < -0.39 is 4.84 Å². The van der Waals surface area contributed by atoms with E-state index in [-0.39, 0.29) is 11.8 Å². The van der Waals surface area contributed by atoms with Crippen LogP contribution >= 0.6 is 23.2 Å². The fourth-order valence-corrected chi connectivity index (χ4v) is 1.59. The van der Waals surface area contributed by atoms with Crippen molar-refractivity contribution in [2.24, 2.45) is 5.11 Å². The summed E-state index contributed by atoms with van der Waals surface area (Å²) in [4.78, 5) is 13.8. The summed E-state index contributed by atoms with van der Waals surface area (Å²) in [6.45, 7) is 1.97. The number of azide groups is 1. The Balaban J connectivity index is 2.55. The number of aryl methyl sites for hydroxylation is 1. The Hall–Kier alpha value is -1.88. The van der Waals surface area contributed by atoms with Crippen LogP contribution in [-0.2, 0) is 0 Å². The summed E-state index contributed by atoms with van der Waals surface area (Å²) in [6, 6.07) is 7.55. The minimum absolute atomic E-state index is 0.0608. The van der Waals surface area contributed by atoms with Gasteiger partial charge >= 0.3 is 0 Å². The smallest absolute Gasteiger partial charge is 0.210 e. The molecule has 0 aliphatic heterocycles. The molecule has 0 saturated carbocycles. The number of benzene rings is 1. The van der Waals surface area contributed by atoms with Gasteiger partial charge in [0.25, 0.3) is 0 Å². The summed E-state index contributed by atoms with van der Waals surface area (Å²) >= 11 is 11.5. The number of hydrogen-bond acceptors (Lipinski definition) is 4. The summed E-state index contributed by atoms with van der Waals surface area (Å²) < 4.78 is 0. The lowest BCUT2D eigenvalue weighted by molar-refractivity contribution is 0.948. The lowest BCUT2D eigenvalue weighted by atomic mass is 10.1. The standard InChI is InChI=1S/C11H8Cl2N6/c1-6-2-4-7(5-3-6)9-15-10(8(12)13)17-11(16-9)18-19-14/h2-5,8H,1H3. The van der Waals surface area contributed by atoms with Crippen LogP contribution in [-0.4, -0.2) is 15.0 Å². The molecule has 1 aromatic carbocycles. The molecule has 2 rings (SSSR count). The number of halogens is 2. The molecule has 1 heterocycles. The number of nitrogens with zero attached hydrogens (tertiary/aromatic N) is 6. The van der Waals surface area contributed by atoms with Crippen molar-refractivity contribution >= 4 is 29.2 Å². The van der Waals surface area contributed by atoms with Gasteiger partial charge in [0.2, 0.25) is 5.95 Å². The second kappa shape index (κ2) is 5.84. The van der Waals surface area contributed by atoms with Crippen LogP contribution in [0.25, 0.3) is 21.8 Å². The number of rotatable bonds is 3. The average molecular weight is 295 g/mol. The molecule has 0 saturated heterocycles. The SMILES string of the molecule is Cc1ccc(-c2nc(N=[N+]=[N-])nc(C(Cl)Cl)n2)cc1. The molecular formula is C11H8Cl2N6. The maximum absolute atomic E-state index is 8.44. The highest BCUT2D eigenvalue weighted by atomic mass is 35.5. The lowest BCUT2D eigenvalue weighted by Gasteiger charge is -2.05. The highest BCUT2D eigenvalue weighted by molar-refractivity contribution is 6.43. The highest BCUT2D eigenvalue weighted by Crippen LogP contribution is 2.25. The zero-order chi connectivity index (χ0) is 13.8. The van der Waals surface area contributed by atoms with Crippen LogP contribution in [0.4, 0.5) is 5.95 Å². The molecular weight excluding hydrogens is 287 g/mol. The molecule has 2 aromatic rings. The minimum Gasteiger partial charge on any atom is -0.210 e. The molecule has 96 valence electrons. The van der Waals surface area contributed by atoms with Crippen molar-refractivity contribution in [1.29, 1.82) is 0 Å². The Bertz CT molecular complexity index is 634. The molecule has 0 fully saturated rings. The minimum atomic E-state index is -0.917. The van der Waals surface area contributed by atoms with Gasteiger partial charge in [-0.2, -0.15) is 0 Å². The van der Waals surface area contributed by atoms with E-state index in [9.17, 15) is 0 Å². The number of alkyl halides is 2. The summed E-state index contributed by atoms with van der Waals surface area (Å²) in [7, 11) is 0. The molecule has 0 aliphatic carbocycles. The third-order valence-corrected chi connectivity index (χ3v) is 2.67. The molecule has 0 radical (unpaired) electrons. The van der Waals surface area contributed by atoms with Crippen molar-refractivity contribution in [2.45, 2.75) is 11.8 Å². The van der Waals surface area contributed by atoms with Crippen molar-refractivity contribution < 1.29 is 0 Å². The van der Waals surface area contributed by atoms with Gasteiger partial charge in [-0.3, -0.25) is 0 Å². The summed E-state index contributed by atoms with van der Waals surface area (Å²) in [5.41, 5.74) is 10.3. The molecule has 8 heteroatoms. The second-order valence-corrected chi connectivity index (χ2v) is 4.77. The third-order valence-electron chi connectivity index (χ3n) is 2.28. The van der Waals surface area contributed by atoms with E-state index in [2.05, 4.69) is 25.0 Å². The first-order valence-electron chi connectivity index (χ1n) is 5.26. The predicted molar refractivity (Wildman–Crippen MR) is 73.3 cm³/mol. The van der Waals surface area contributed by atoms with E-state index >= 15 is 0 Å². The maximum Gasteiger partial charge on any atom is 0.220 e. The first-order valence-corrected chi connectivity index (χ1v) is 6.13. The van der Waals surface area contributed by atoms with Gasteiger partial charge in [-0.05, 0) is 17.6 Å². The molecule has 0 unspecified atom stereocenters. The molecule has 0 N–H and O–H groups in total. The number of hydrogen-bond donors (Lipinski definition) is 0. The molecule has 6 nitrogen and oxygen atoms in total. The zero-order valence-corrected chi connectivity index (χ0v) is 11.3. The lowest BCUT2D eigenvalue weighted by Crippen LogP contribution is -1.99. The quantitative estimate of drug-likeness (QED) is 0.366. The fraction of sp³-hybridized carbons (Fsp3) is 0.182. The molecule has 0 bridgehead atoms. The van der Waals surface area contributed by atoms with Crippen LogP contribution in [0.2, 0.25) is 0 Å². The summed E-state index contributed by atoms with van der Waals surface area (Å²) in [6.07, 6.45) is 0. The van der Waals surface area contributed by atoms with Gasteiger partial charge < -0.3 is 0 Å². The van der Waals surface area contributed by atoms with E-state index in [0.29, 0.717) is 5.82 Å². The Morgan fingerprint density at radius 1 is 1.16 bits per heavy atom. The number of aromatic nitrogens is 3. The maximum atomic E-state index is 8.44. The first-order chi connectivity index (χ1) is 9.10. The zero-order valence-electron chi connectivity index (χ0n) is 9.83. The van der Waals surface area contributed by atoms with Gasteiger partial charge in [0, 0.05) is 10.5 Å². The van der Waals surface area contributed by atoms with Gasteiger partial charge in [0.05, 0.1) is 0 Å². The van der Waals surface area contributed by atoms with Crippen molar-refractivity contribution in [3.63, 3.8) is 0 Å². The van der Waals surface area contributed by atoms with Crippen LogP contribution in [0.15, 0.2) is 29.4 Å².